The van der Waals surface area contributed by atoms with Crippen molar-refractivity contribution in [1.82, 2.24) is 20.4 Å². The number of hydrogen-bond donors (Lipinski definition) is 1. The van der Waals surface area contributed by atoms with Crippen LogP contribution in [0, 0.1) is 5.92 Å². The molecule has 1 N–H and O–H groups in total. The minimum absolute atomic E-state index is 0.100. The zero-order chi connectivity index (χ0) is 20.2. The highest BCUT2D eigenvalue weighted by Crippen LogP contribution is 2.32. The van der Waals surface area contributed by atoms with Gasteiger partial charge in [0.05, 0.1) is 6.54 Å². The standard InChI is InChI=1S/C21H26N4O4/c1-2-18-23-19(29-24-18)13-22-20(26)14-5-7-16(8-6-14)28-17-9-11-25(12-10-17)21(27)15-3-4-15/h5-8,15,17H,2-4,9-13H2,1H3,(H,22,26). The number of aryl methyl sites for hydroxylation is 1. The molecule has 0 spiro atoms. The zero-order valence-corrected chi connectivity index (χ0v) is 16.6. The first-order valence-electron chi connectivity index (χ1n) is 10.3. The van der Waals surface area contributed by atoms with Gasteiger partial charge in [0.2, 0.25) is 11.8 Å². The fraction of sp³-hybridized carbons (Fsp3) is 0.524. The SMILES string of the molecule is CCc1noc(CNC(=O)c2ccc(OC3CCN(C(=O)C4CC4)CC3)cc2)n1. The van der Waals surface area contributed by atoms with Gasteiger partial charge in [-0.25, -0.2) is 0 Å². The molecule has 8 heteroatoms. The van der Waals surface area contributed by atoms with Gasteiger partial charge >= 0.3 is 0 Å². The Morgan fingerprint density at radius 1 is 1.17 bits per heavy atom. The zero-order valence-electron chi connectivity index (χ0n) is 16.6. The second kappa shape index (κ2) is 8.63. The van der Waals surface area contributed by atoms with E-state index in [1.54, 1.807) is 24.3 Å². The van der Waals surface area contributed by atoms with Gasteiger partial charge in [0.1, 0.15) is 11.9 Å². The Morgan fingerprint density at radius 2 is 1.90 bits per heavy atom. The van der Waals surface area contributed by atoms with E-state index in [4.69, 9.17) is 9.26 Å². The van der Waals surface area contributed by atoms with Crippen LogP contribution in [0.1, 0.15) is 54.7 Å². The summed E-state index contributed by atoms with van der Waals surface area (Å²) in [6.45, 7) is 3.65. The fourth-order valence-corrected chi connectivity index (χ4v) is 3.42. The van der Waals surface area contributed by atoms with Crippen LogP contribution in [0.3, 0.4) is 0 Å². The normalized spacial score (nSPS) is 17.2. The number of benzene rings is 1. The van der Waals surface area contributed by atoms with Gasteiger partial charge in [-0.1, -0.05) is 12.1 Å². The Kier molecular flexibility index (Phi) is 5.78. The van der Waals surface area contributed by atoms with E-state index < -0.39 is 0 Å². The van der Waals surface area contributed by atoms with E-state index in [1.807, 2.05) is 11.8 Å². The summed E-state index contributed by atoms with van der Waals surface area (Å²) >= 11 is 0. The summed E-state index contributed by atoms with van der Waals surface area (Å²) < 4.78 is 11.1. The number of carbonyl (C=O) groups excluding carboxylic acids is 2. The molecule has 2 aliphatic rings. The minimum Gasteiger partial charge on any atom is -0.490 e. The number of likely N-dealkylation sites (tertiary alicyclic amines) is 1. The number of hydrogen-bond acceptors (Lipinski definition) is 6. The van der Waals surface area contributed by atoms with Gasteiger partial charge in [-0.3, -0.25) is 9.59 Å². The molecule has 154 valence electrons. The third-order valence-electron chi connectivity index (χ3n) is 5.33. The average molecular weight is 398 g/mol. The molecule has 29 heavy (non-hydrogen) atoms. The highest BCUT2D eigenvalue weighted by Gasteiger charge is 2.35. The lowest BCUT2D eigenvalue weighted by Crippen LogP contribution is -2.42. The van der Waals surface area contributed by atoms with Crippen molar-refractivity contribution in [2.45, 2.75) is 51.7 Å². The van der Waals surface area contributed by atoms with Crippen molar-refractivity contribution in [3.8, 4) is 5.75 Å². The highest BCUT2D eigenvalue weighted by atomic mass is 16.5. The lowest BCUT2D eigenvalue weighted by Gasteiger charge is -2.32. The van der Waals surface area contributed by atoms with Gasteiger partial charge in [-0.05, 0) is 37.1 Å². The molecular formula is C21H26N4O4. The molecule has 0 radical (unpaired) electrons. The van der Waals surface area contributed by atoms with Crippen molar-refractivity contribution in [1.29, 1.82) is 0 Å². The number of amides is 2. The quantitative estimate of drug-likeness (QED) is 0.769. The predicted octanol–water partition coefficient (Wildman–Crippen LogP) is 2.34. The molecule has 2 amide bonds. The minimum atomic E-state index is -0.209. The van der Waals surface area contributed by atoms with E-state index in [1.165, 1.54) is 0 Å². The first-order chi connectivity index (χ1) is 14.1. The summed E-state index contributed by atoms with van der Waals surface area (Å²) in [5.41, 5.74) is 0.539. The molecule has 2 fully saturated rings. The molecular weight excluding hydrogens is 372 g/mol. The van der Waals surface area contributed by atoms with Gasteiger partial charge < -0.3 is 19.5 Å². The first-order valence-corrected chi connectivity index (χ1v) is 10.3. The van der Waals surface area contributed by atoms with Crippen LogP contribution < -0.4 is 10.1 Å². The number of ether oxygens (including phenoxy) is 1. The van der Waals surface area contributed by atoms with Crippen LogP contribution in [-0.2, 0) is 17.8 Å². The number of nitrogens with one attached hydrogen (secondary N) is 1. The van der Waals surface area contributed by atoms with Crippen molar-refractivity contribution >= 4 is 11.8 Å². The third-order valence-corrected chi connectivity index (χ3v) is 5.33. The summed E-state index contributed by atoms with van der Waals surface area (Å²) in [6.07, 6.45) is 4.56. The van der Waals surface area contributed by atoms with E-state index in [-0.39, 0.29) is 24.5 Å². The fourth-order valence-electron chi connectivity index (χ4n) is 3.42. The summed E-state index contributed by atoms with van der Waals surface area (Å²) in [6, 6.07) is 7.08. The topological polar surface area (TPSA) is 97.6 Å². The summed E-state index contributed by atoms with van der Waals surface area (Å²) in [7, 11) is 0. The van der Waals surface area contributed by atoms with E-state index in [0.717, 1.165) is 44.5 Å². The Hall–Kier alpha value is -2.90. The number of rotatable bonds is 7. The lowest BCUT2D eigenvalue weighted by atomic mass is 10.1. The van der Waals surface area contributed by atoms with Gasteiger partial charge in [-0.2, -0.15) is 4.98 Å². The van der Waals surface area contributed by atoms with Gasteiger partial charge in [0, 0.05) is 43.8 Å². The van der Waals surface area contributed by atoms with Crippen LogP contribution in [0.5, 0.6) is 5.75 Å². The van der Waals surface area contributed by atoms with Crippen molar-refractivity contribution in [2.24, 2.45) is 5.92 Å². The van der Waals surface area contributed by atoms with Crippen molar-refractivity contribution < 1.29 is 18.8 Å². The van der Waals surface area contributed by atoms with Crippen molar-refractivity contribution in [3.63, 3.8) is 0 Å². The second-order valence-corrected chi connectivity index (χ2v) is 7.58. The predicted molar refractivity (Wildman–Crippen MR) is 104 cm³/mol. The number of aromatic nitrogens is 2. The molecule has 4 rings (SSSR count). The molecule has 1 saturated heterocycles. The smallest absolute Gasteiger partial charge is 0.251 e. The van der Waals surface area contributed by atoms with Gasteiger partial charge in [0.15, 0.2) is 5.82 Å². The number of carbonyl (C=O) groups is 2. The van der Waals surface area contributed by atoms with Crippen molar-refractivity contribution in [2.75, 3.05) is 13.1 Å². The molecule has 8 nitrogen and oxygen atoms in total. The molecule has 1 aromatic carbocycles. The van der Waals surface area contributed by atoms with Crippen LogP contribution >= 0.6 is 0 Å². The molecule has 2 aromatic rings. The Morgan fingerprint density at radius 3 is 2.52 bits per heavy atom. The maximum Gasteiger partial charge on any atom is 0.251 e. The highest BCUT2D eigenvalue weighted by molar-refractivity contribution is 5.94. The molecule has 0 unspecified atom stereocenters. The van der Waals surface area contributed by atoms with E-state index in [2.05, 4.69) is 15.5 Å². The van der Waals surface area contributed by atoms with E-state index in [0.29, 0.717) is 29.6 Å². The molecule has 0 bridgehead atoms. The average Bonchev–Trinajstić information content (AvgIpc) is 3.50. The summed E-state index contributed by atoms with van der Waals surface area (Å²) in [5.74, 6) is 2.13. The van der Waals surface area contributed by atoms with Crippen LogP contribution in [0.2, 0.25) is 0 Å². The number of nitrogens with zero attached hydrogens (tertiary/aromatic N) is 3. The van der Waals surface area contributed by atoms with Crippen LogP contribution in [0.15, 0.2) is 28.8 Å². The Balaban J connectivity index is 1.23. The molecule has 0 atom stereocenters. The van der Waals surface area contributed by atoms with Gasteiger partial charge in [0.25, 0.3) is 5.91 Å². The molecule has 1 saturated carbocycles. The maximum absolute atomic E-state index is 12.3. The molecule has 1 aliphatic heterocycles. The van der Waals surface area contributed by atoms with Crippen LogP contribution in [-0.4, -0.2) is 46.0 Å². The third kappa shape index (κ3) is 4.93. The van der Waals surface area contributed by atoms with E-state index in [9.17, 15) is 9.59 Å². The first kappa shape index (κ1) is 19.4. The molecule has 1 aliphatic carbocycles. The largest absolute Gasteiger partial charge is 0.490 e. The molecule has 1 aromatic heterocycles. The number of piperidine rings is 1. The molecule has 2 heterocycles. The van der Waals surface area contributed by atoms with E-state index >= 15 is 0 Å². The van der Waals surface area contributed by atoms with Gasteiger partial charge in [-0.15, -0.1) is 0 Å². The second-order valence-electron chi connectivity index (χ2n) is 7.58. The Bertz CT molecular complexity index is 852. The lowest BCUT2D eigenvalue weighted by molar-refractivity contribution is -0.134. The maximum atomic E-state index is 12.3. The van der Waals surface area contributed by atoms with Crippen LogP contribution in [0.25, 0.3) is 0 Å². The van der Waals surface area contributed by atoms with Crippen molar-refractivity contribution in [3.05, 3.63) is 41.5 Å². The van der Waals surface area contributed by atoms with Crippen LogP contribution in [0.4, 0.5) is 0 Å². The summed E-state index contributed by atoms with van der Waals surface area (Å²) in [4.78, 5) is 30.5. The Labute approximate surface area is 169 Å². The monoisotopic (exact) mass is 398 g/mol. The summed E-state index contributed by atoms with van der Waals surface area (Å²) in [5, 5.41) is 6.57.